The van der Waals surface area contributed by atoms with E-state index < -0.39 is 0 Å². The predicted molar refractivity (Wildman–Crippen MR) is 86.4 cm³/mol. The first-order valence-electron chi connectivity index (χ1n) is 7.39. The summed E-state index contributed by atoms with van der Waals surface area (Å²) in [4.78, 5) is 20.7. The van der Waals surface area contributed by atoms with E-state index in [2.05, 4.69) is 15.2 Å². The molecule has 0 saturated carbocycles. The van der Waals surface area contributed by atoms with Gasteiger partial charge in [-0.1, -0.05) is 6.08 Å². The molecule has 6 heteroatoms. The molecule has 2 rings (SSSR count). The molecular weight excluding hydrogens is 284 g/mol. The van der Waals surface area contributed by atoms with E-state index in [4.69, 9.17) is 0 Å². The van der Waals surface area contributed by atoms with Crippen LogP contribution in [0.1, 0.15) is 23.9 Å². The molecule has 1 atom stereocenters. The van der Waals surface area contributed by atoms with Crippen LogP contribution in [0.3, 0.4) is 0 Å². The summed E-state index contributed by atoms with van der Waals surface area (Å²) >= 11 is 1.66. The fourth-order valence-electron chi connectivity index (χ4n) is 2.45. The molecule has 0 radical (unpaired) electrons. The topological polar surface area (TPSA) is 48.5 Å². The Hall–Kier alpha value is -1.24. The van der Waals surface area contributed by atoms with Gasteiger partial charge in [-0.25, -0.2) is 4.98 Å². The van der Waals surface area contributed by atoms with Crippen LogP contribution in [-0.2, 0) is 4.79 Å². The molecule has 5 nitrogen and oxygen atoms in total. The van der Waals surface area contributed by atoms with Crippen molar-refractivity contribution in [1.82, 2.24) is 20.1 Å². The van der Waals surface area contributed by atoms with Crippen LogP contribution in [0, 0.1) is 0 Å². The Bertz CT molecular complexity index is 452. The lowest BCUT2D eigenvalue weighted by molar-refractivity contribution is -0.116. The minimum absolute atomic E-state index is 0.0300. The molecule has 21 heavy (non-hydrogen) atoms. The molecule has 1 fully saturated rings. The second kappa shape index (κ2) is 8.26. The summed E-state index contributed by atoms with van der Waals surface area (Å²) in [5, 5.41) is 6.09. The minimum atomic E-state index is -0.0300. The fourth-order valence-corrected chi connectivity index (χ4v) is 3.22. The van der Waals surface area contributed by atoms with Crippen molar-refractivity contribution in [2.45, 2.75) is 18.9 Å². The van der Waals surface area contributed by atoms with Crippen molar-refractivity contribution in [3.8, 4) is 0 Å². The number of hydrogen-bond donors (Lipinski definition) is 1. The van der Waals surface area contributed by atoms with Crippen LogP contribution in [0.25, 0.3) is 0 Å². The molecule has 1 aromatic heterocycles. The normalized spacial score (nSPS) is 17.7. The molecule has 0 bridgehead atoms. The second-order valence-corrected chi connectivity index (χ2v) is 6.47. The predicted octanol–water partition coefficient (Wildman–Crippen LogP) is 1.51. The smallest absolute Gasteiger partial charge is 0.243 e. The highest BCUT2D eigenvalue weighted by Gasteiger charge is 2.25. The largest absolute Gasteiger partial charge is 0.351 e. The standard InChI is InChI=1S/C15H24N4OS/c1-18(2)8-5-6-14(20)17-12-13(15-16-7-11-21-15)19-9-3-4-10-19/h5-7,11,13H,3-4,8-10,12H2,1-2H3,(H,17,20)/b6-5+. The zero-order valence-electron chi connectivity index (χ0n) is 12.8. The van der Waals surface area contributed by atoms with Crippen LogP contribution < -0.4 is 5.32 Å². The number of hydrogen-bond acceptors (Lipinski definition) is 5. The number of nitrogens with one attached hydrogen (secondary N) is 1. The van der Waals surface area contributed by atoms with Crippen molar-refractivity contribution in [1.29, 1.82) is 0 Å². The Labute approximate surface area is 130 Å². The quantitative estimate of drug-likeness (QED) is 0.776. The lowest BCUT2D eigenvalue weighted by Gasteiger charge is -2.25. The molecule has 2 heterocycles. The number of rotatable bonds is 7. The number of aromatic nitrogens is 1. The monoisotopic (exact) mass is 308 g/mol. The van der Waals surface area contributed by atoms with Gasteiger partial charge in [-0.05, 0) is 40.0 Å². The molecule has 116 valence electrons. The van der Waals surface area contributed by atoms with Gasteiger partial charge >= 0.3 is 0 Å². The molecule has 0 aliphatic carbocycles. The molecule has 1 aliphatic heterocycles. The first-order valence-corrected chi connectivity index (χ1v) is 8.27. The van der Waals surface area contributed by atoms with Gasteiger partial charge in [0, 0.05) is 30.7 Å². The molecular formula is C15H24N4OS. The van der Waals surface area contributed by atoms with Gasteiger partial charge in [0.1, 0.15) is 5.01 Å². The van der Waals surface area contributed by atoms with Gasteiger partial charge in [0.25, 0.3) is 0 Å². The summed E-state index contributed by atoms with van der Waals surface area (Å²) in [5.74, 6) is -0.0300. The van der Waals surface area contributed by atoms with Gasteiger partial charge in [0.2, 0.25) is 5.91 Å². The first kappa shape index (κ1) is 16.1. The fraction of sp³-hybridized carbons (Fsp3) is 0.600. The summed E-state index contributed by atoms with van der Waals surface area (Å²) in [5.41, 5.74) is 0. The molecule has 0 spiro atoms. The van der Waals surface area contributed by atoms with Crippen molar-refractivity contribution in [2.24, 2.45) is 0 Å². The van der Waals surface area contributed by atoms with Crippen LogP contribution in [0.4, 0.5) is 0 Å². The third-order valence-electron chi connectivity index (χ3n) is 3.53. The molecule has 1 unspecified atom stereocenters. The van der Waals surface area contributed by atoms with Crippen molar-refractivity contribution >= 4 is 17.2 Å². The zero-order valence-corrected chi connectivity index (χ0v) is 13.6. The van der Waals surface area contributed by atoms with E-state index in [1.54, 1.807) is 17.4 Å². The van der Waals surface area contributed by atoms with Crippen molar-refractivity contribution in [3.05, 3.63) is 28.7 Å². The lowest BCUT2D eigenvalue weighted by Crippen LogP contribution is -2.36. The van der Waals surface area contributed by atoms with E-state index in [9.17, 15) is 4.79 Å². The summed E-state index contributed by atoms with van der Waals surface area (Å²) < 4.78 is 0. The van der Waals surface area contributed by atoms with Crippen LogP contribution in [0.2, 0.25) is 0 Å². The van der Waals surface area contributed by atoms with Gasteiger partial charge in [-0.2, -0.15) is 0 Å². The highest BCUT2D eigenvalue weighted by atomic mass is 32.1. The maximum Gasteiger partial charge on any atom is 0.243 e. The molecule has 1 aliphatic rings. The number of carbonyl (C=O) groups excluding carboxylic acids is 1. The van der Waals surface area contributed by atoms with Crippen molar-refractivity contribution in [2.75, 3.05) is 40.3 Å². The van der Waals surface area contributed by atoms with Gasteiger partial charge in [-0.3, -0.25) is 9.69 Å². The van der Waals surface area contributed by atoms with Gasteiger partial charge in [0.05, 0.1) is 6.04 Å². The minimum Gasteiger partial charge on any atom is -0.351 e. The van der Waals surface area contributed by atoms with E-state index in [0.29, 0.717) is 6.54 Å². The number of carbonyl (C=O) groups is 1. The molecule has 1 amide bonds. The lowest BCUT2D eigenvalue weighted by atomic mass is 10.2. The average molecular weight is 308 g/mol. The van der Waals surface area contributed by atoms with Crippen LogP contribution in [0.15, 0.2) is 23.7 Å². The van der Waals surface area contributed by atoms with Gasteiger partial charge < -0.3 is 10.2 Å². The molecule has 1 aromatic rings. The summed E-state index contributed by atoms with van der Waals surface area (Å²) in [6, 6.07) is 0.207. The highest BCUT2D eigenvalue weighted by Crippen LogP contribution is 2.25. The summed E-state index contributed by atoms with van der Waals surface area (Å²) in [6.45, 7) is 3.58. The Morgan fingerprint density at radius 3 is 2.90 bits per heavy atom. The average Bonchev–Trinajstić information content (AvgIpc) is 3.11. The van der Waals surface area contributed by atoms with E-state index in [1.165, 1.54) is 12.8 Å². The molecule has 0 aromatic carbocycles. The maximum absolute atomic E-state index is 11.9. The Balaban J connectivity index is 1.87. The SMILES string of the molecule is CN(C)C/C=C/C(=O)NCC(c1nccs1)N1CCCC1. The summed E-state index contributed by atoms with van der Waals surface area (Å²) in [6.07, 6.45) is 7.80. The van der Waals surface area contributed by atoms with Crippen molar-refractivity contribution < 1.29 is 4.79 Å². The highest BCUT2D eigenvalue weighted by molar-refractivity contribution is 7.09. The summed E-state index contributed by atoms with van der Waals surface area (Å²) in [7, 11) is 3.96. The van der Waals surface area contributed by atoms with E-state index in [1.807, 2.05) is 36.6 Å². The Kier molecular flexibility index (Phi) is 6.35. The van der Waals surface area contributed by atoms with E-state index >= 15 is 0 Å². The third-order valence-corrected chi connectivity index (χ3v) is 4.40. The van der Waals surface area contributed by atoms with E-state index in [0.717, 1.165) is 24.6 Å². The van der Waals surface area contributed by atoms with Crippen LogP contribution in [0.5, 0.6) is 0 Å². The first-order chi connectivity index (χ1) is 10.2. The van der Waals surface area contributed by atoms with E-state index in [-0.39, 0.29) is 11.9 Å². The molecule has 1 saturated heterocycles. The van der Waals surface area contributed by atoms with Crippen molar-refractivity contribution in [3.63, 3.8) is 0 Å². The third kappa shape index (κ3) is 5.22. The van der Waals surface area contributed by atoms with Crippen LogP contribution in [-0.4, -0.2) is 61.0 Å². The second-order valence-electron chi connectivity index (χ2n) is 5.54. The number of likely N-dealkylation sites (N-methyl/N-ethyl adjacent to an activating group) is 1. The Morgan fingerprint density at radius 2 is 2.29 bits per heavy atom. The molecule has 1 N–H and O–H groups in total. The van der Waals surface area contributed by atoms with Gasteiger partial charge in [0.15, 0.2) is 0 Å². The number of thiazole rings is 1. The Morgan fingerprint density at radius 1 is 1.52 bits per heavy atom. The number of likely N-dealkylation sites (tertiary alicyclic amines) is 1. The van der Waals surface area contributed by atoms with Gasteiger partial charge in [-0.15, -0.1) is 11.3 Å². The number of amides is 1. The zero-order chi connectivity index (χ0) is 15.1. The number of nitrogens with zero attached hydrogens (tertiary/aromatic N) is 3. The van der Waals surface area contributed by atoms with Crippen LogP contribution >= 0.6 is 11.3 Å². The maximum atomic E-state index is 11.9.